The smallest absolute Gasteiger partial charge is 0.401 e. The lowest BCUT2D eigenvalue weighted by Gasteiger charge is -1.98. The lowest BCUT2D eigenvalue weighted by molar-refractivity contribution is -0.402. The van der Waals surface area contributed by atoms with Crippen molar-refractivity contribution >= 4 is 17.5 Å². The summed E-state index contributed by atoms with van der Waals surface area (Å²) >= 11 is 0. The predicted molar refractivity (Wildman–Crippen MR) is 70.0 cm³/mol. The number of hydrogen-bond donors (Lipinski definition) is 0. The number of furan rings is 1. The van der Waals surface area contributed by atoms with Crippen LogP contribution in [-0.4, -0.2) is 4.92 Å². The maximum Gasteiger partial charge on any atom is 0.433 e. The molecule has 0 N–H and O–H groups in total. The van der Waals surface area contributed by atoms with Crippen LogP contribution in [0, 0.1) is 32.8 Å². The van der Waals surface area contributed by atoms with Crippen molar-refractivity contribution in [3.63, 3.8) is 0 Å². The van der Waals surface area contributed by atoms with Crippen molar-refractivity contribution < 1.29 is 9.34 Å². The third kappa shape index (κ3) is 2.71. The van der Waals surface area contributed by atoms with E-state index in [-0.39, 0.29) is 11.6 Å². The first-order valence-electron chi connectivity index (χ1n) is 5.50. The van der Waals surface area contributed by atoms with Gasteiger partial charge < -0.3 is 4.42 Å². The zero-order chi connectivity index (χ0) is 14.5. The molecule has 0 saturated heterocycles. The van der Waals surface area contributed by atoms with Crippen LogP contribution in [0.15, 0.2) is 40.8 Å². The first-order valence-corrected chi connectivity index (χ1v) is 5.50. The molecule has 0 spiro atoms. The van der Waals surface area contributed by atoms with E-state index in [0.717, 1.165) is 0 Å². The molecule has 1 heterocycles. The molecule has 0 radical (unpaired) electrons. The van der Waals surface area contributed by atoms with Crippen LogP contribution < -0.4 is 0 Å². The number of rotatable bonds is 3. The average molecular weight is 265 g/mol. The van der Waals surface area contributed by atoms with Crippen LogP contribution in [0.3, 0.4) is 0 Å². The minimum absolute atomic E-state index is 0.220. The highest BCUT2D eigenvalue weighted by atomic mass is 16.6. The Bertz CT molecular complexity index is 758. The summed E-state index contributed by atoms with van der Waals surface area (Å²) in [5.41, 5.74) is 1.38. The quantitative estimate of drug-likeness (QED) is 0.481. The van der Waals surface area contributed by atoms with Gasteiger partial charge in [-0.1, -0.05) is 12.1 Å². The van der Waals surface area contributed by atoms with Crippen LogP contribution >= 0.6 is 0 Å². The van der Waals surface area contributed by atoms with Crippen molar-refractivity contribution in [3.05, 3.63) is 63.4 Å². The topological polar surface area (TPSA) is 104 Å². The van der Waals surface area contributed by atoms with Crippen molar-refractivity contribution in [1.82, 2.24) is 0 Å². The number of nitro groups is 1. The second-order valence-corrected chi connectivity index (χ2v) is 3.79. The van der Waals surface area contributed by atoms with Gasteiger partial charge in [-0.15, -0.1) is 0 Å². The van der Waals surface area contributed by atoms with E-state index in [1.807, 2.05) is 12.1 Å². The fourth-order valence-corrected chi connectivity index (χ4v) is 1.56. The number of benzene rings is 1. The monoisotopic (exact) mass is 265 g/mol. The molecular formula is C14H7N3O3. The van der Waals surface area contributed by atoms with E-state index in [4.69, 9.17) is 14.9 Å². The predicted octanol–water partition coefficient (Wildman–Crippen LogP) is 3.12. The first kappa shape index (κ1) is 13.1. The molecular weight excluding hydrogens is 258 g/mol. The number of allylic oxidation sites excluding steroid dienone is 1. The Kier molecular flexibility index (Phi) is 3.60. The normalized spacial score (nSPS) is 10.6. The lowest BCUT2D eigenvalue weighted by atomic mass is 10.0. The maximum absolute atomic E-state index is 10.5. The van der Waals surface area contributed by atoms with Gasteiger partial charge in [0.2, 0.25) is 0 Å². The molecule has 6 heteroatoms. The zero-order valence-electron chi connectivity index (χ0n) is 10.1. The Morgan fingerprint density at radius 3 is 2.40 bits per heavy atom. The number of hydrogen-bond acceptors (Lipinski definition) is 5. The molecule has 0 aliphatic rings. The fraction of sp³-hybridized carbons (Fsp3) is 0. The molecule has 0 aliphatic carbocycles. The van der Waals surface area contributed by atoms with Gasteiger partial charge in [-0.25, -0.2) is 0 Å². The highest BCUT2D eigenvalue weighted by molar-refractivity contribution is 5.88. The highest BCUT2D eigenvalue weighted by Gasteiger charge is 2.11. The third-order valence-corrected chi connectivity index (χ3v) is 2.52. The van der Waals surface area contributed by atoms with Crippen molar-refractivity contribution in [2.45, 2.75) is 0 Å². The van der Waals surface area contributed by atoms with Gasteiger partial charge in [0.25, 0.3) is 0 Å². The summed E-state index contributed by atoms with van der Waals surface area (Å²) in [6.07, 6.45) is 1.41. The van der Waals surface area contributed by atoms with E-state index in [2.05, 4.69) is 0 Å². The van der Waals surface area contributed by atoms with Crippen LogP contribution in [0.25, 0.3) is 11.6 Å². The van der Waals surface area contributed by atoms with Crippen LogP contribution in [0.4, 0.5) is 5.88 Å². The van der Waals surface area contributed by atoms with Gasteiger partial charge in [0, 0.05) is 0 Å². The van der Waals surface area contributed by atoms with Gasteiger partial charge in [-0.2, -0.15) is 10.5 Å². The van der Waals surface area contributed by atoms with Gasteiger partial charge >= 0.3 is 5.88 Å². The number of nitriles is 2. The standard InChI is InChI=1S/C14H7N3O3/c15-8-10-1-3-11(4-2-10)12(9-16)7-13-5-6-14(20-13)17(18)19/h1-7H/b12-7-. The zero-order valence-corrected chi connectivity index (χ0v) is 10.1. The average Bonchev–Trinajstić information content (AvgIpc) is 2.94. The van der Waals surface area contributed by atoms with Gasteiger partial charge in [-0.3, -0.25) is 10.1 Å². The molecule has 0 atom stereocenters. The molecule has 0 unspecified atom stereocenters. The first-order chi connectivity index (χ1) is 9.63. The molecule has 1 aromatic heterocycles. The molecule has 0 bridgehead atoms. The molecule has 0 saturated carbocycles. The van der Waals surface area contributed by atoms with Gasteiger partial charge in [0.1, 0.15) is 10.7 Å². The van der Waals surface area contributed by atoms with Crippen LogP contribution in [0.2, 0.25) is 0 Å². The second kappa shape index (κ2) is 5.51. The second-order valence-electron chi connectivity index (χ2n) is 3.79. The summed E-state index contributed by atoms with van der Waals surface area (Å²) in [6, 6.07) is 13.0. The minimum Gasteiger partial charge on any atom is -0.401 e. The van der Waals surface area contributed by atoms with Crippen molar-refractivity contribution in [2.75, 3.05) is 0 Å². The largest absolute Gasteiger partial charge is 0.433 e. The minimum atomic E-state index is -0.648. The molecule has 20 heavy (non-hydrogen) atoms. The summed E-state index contributed by atoms with van der Waals surface area (Å²) in [5, 5.41) is 28.3. The van der Waals surface area contributed by atoms with E-state index in [1.54, 1.807) is 24.3 Å². The summed E-state index contributed by atoms with van der Waals surface area (Å²) < 4.78 is 4.96. The molecule has 6 nitrogen and oxygen atoms in total. The van der Waals surface area contributed by atoms with E-state index in [9.17, 15) is 10.1 Å². The molecule has 96 valence electrons. The summed E-state index contributed by atoms with van der Waals surface area (Å²) in [6.45, 7) is 0. The maximum atomic E-state index is 10.5. The third-order valence-electron chi connectivity index (χ3n) is 2.52. The molecule has 1 aromatic carbocycles. The molecule has 2 aromatic rings. The van der Waals surface area contributed by atoms with Crippen LogP contribution in [-0.2, 0) is 0 Å². The van der Waals surface area contributed by atoms with Crippen LogP contribution in [0.5, 0.6) is 0 Å². The van der Waals surface area contributed by atoms with Crippen molar-refractivity contribution in [3.8, 4) is 12.1 Å². The van der Waals surface area contributed by atoms with Crippen molar-refractivity contribution in [1.29, 1.82) is 10.5 Å². The summed E-state index contributed by atoms with van der Waals surface area (Å²) in [5.74, 6) is -0.161. The summed E-state index contributed by atoms with van der Waals surface area (Å²) in [7, 11) is 0. The molecule has 0 amide bonds. The van der Waals surface area contributed by atoms with E-state index < -0.39 is 4.92 Å². The molecule has 0 fully saturated rings. The van der Waals surface area contributed by atoms with Crippen LogP contribution in [0.1, 0.15) is 16.9 Å². The Balaban J connectivity index is 2.35. The number of nitrogens with zero attached hydrogens (tertiary/aromatic N) is 3. The van der Waals surface area contributed by atoms with E-state index >= 15 is 0 Å². The fourth-order valence-electron chi connectivity index (χ4n) is 1.56. The van der Waals surface area contributed by atoms with Gasteiger partial charge in [-0.05, 0) is 29.8 Å². The Hall–Kier alpha value is -3.38. The molecule has 0 aliphatic heterocycles. The SMILES string of the molecule is N#C/C(=C/c1ccc([N+](=O)[O-])o1)c1ccc(C#N)cc1. The van der Waals surface area contributed by atoms with E-state index in [0.29, 0.717) is 16.7 Å². The van der Waals surface area contributed by atoms with Gasteiger partial charge in [0.15, 0.2) is 0 Å². The van der Waals surface area contributed by atoms with Gasteiger partial charge in [0.05, 0.1) is 29.3 Å². The Labute approximate surface area is 113 Å². The van der Waals surface area contributed by atoms with E-state index in [1.165, 1.54) is 18.2 Å². The molecule has 2 rings (SSSR count). The lowest BCUT2D eigenvalue weighted by Crippen LogP contribution is -1.83. The Morgan fingerprint density at radius 2 is 1.90 bits per heavy atom. The highest BCUT2D eigenvalue weighted by Crippen LogP contribution is 2.22. The Morgan fingerprint density at radius 1 is 1.20 bits per heavy atom. The summed E-state index contributed by atoms with van der Waals surface area (Å²) in [4.78, 5) is 9.86. The van der Waals surface area contributed by atoms with Crippen molar-refractivity contribution in [2.24, 2.45) is 0 Å².